The van der Waals surface area contributed by atoms with Gasteiger partial charge in [0.2, 0.25) is 0 Å². The quantitative estimate of drug-likeness (QED) is 0.0895. The largest absolute Gasteiger partial charge is 0.372 e. The number of allylic oxidation sites excluding steroid dienone is 4. The molecule has 0 saturated carbocycles. The molecular weight excluding hydrogens is 1130 g/mol. The maximum atomic E-state index is 11.0. The van der Waals surface area contributed by atoms with E-state index in [0.29, 0.717) is 22.3 Å². The lowest BCUT2D eigenvalue weighted by Crippen LogP contribution is -2.51. The van der Waals surface area contributed by atoms with Crippen LogP contribution in [0.25, 0.3) is 302 Å². The highest BCUT2D eigenvalue weighted by Crippen LogP contribution is 2.87. The van der Waals surface area contributed by atoms with E-state index in [9.17, 15) is 21.0 Å². The number of anilines is 1. The maximum Gasteiger partial charge on any atom is 0.138 e. The lowest BCUT2D eigenvalue weighted by Gasteiger charge is -2.52. The molecule has 35 rings (SSSR count). The van der Waals surface area contributed by atoms with Crippen LogP contribution in [-0.2, 0) is 10.8 Å². The van der Waals surface area contributed by atoms with Crippen LogP contribution in [0.2, 0.25) is 0 Å². The van der Waals surface area contributed by atoms with Crippen LogP contribution in [0.15, 0.2) is 59.7 Å². The first kappa shape index (κ1) is 40.0. The van der Waals surface area contributed by atoms with Crippen LogP contribution in [0.1, 0.15) is 58.8 Å². The van der Waals surface area contributed by atoms with Crippen molar-refractivity contribution in [3.8, 4) is 24.3 Å². The fraction of sp³-hybridized carbons (Fsp3) is 0.103. The van der Waals surface area contributed by atoms with E-state index in [1.165, 1.54) is 5.56 Å². The summed E-state index contributed by atoms with van der Waals surface area (Å²) < 4.78 is 0. The molecule has 1 saturated heterocycles. The van der Waals surface area contributed by atoms with Crippen molar-refractivity contribution in [2.45, 2.75) is 30.7 Å². The number of rotatable bonds is 7. The molecule has 0 N–H and O–H groups in total. The summed E-state index contributed by atoms with van der Waals surface area (Å²) in [4.78, 5) is 5.07. The molecule has 1 heterocycles. The summed E-state index contributed by atoms with van der Waals surface area (Å²) >= 11 is 0. The second kappa shape index (κ2) is 10.2. The van der Waals surface area contributed by atoms with Crippen molar-refractivity contribution in [2.24, 2.45) is 0 Å². The Bertz CT molecular complexity index is 8640. The molecule has 30 aromatic rings. The third-order valence-corrected chi connectivity index (χ3v) is 29.9. The number of hydrogen-bond donors (Lipinski definition) is 0. The van der Waals surface area contributed by atoms with Crippen molar-refractivity contribution in [3.05, 3.63) is 98.6 Å². The highest BCUT2D eigenvalue weighted by molar-refractivity contribution is 6.82. The number of likely N-dealkylation sites (tertiary alicyclic amines) is 1. The summed E-state index contributed by atoms with van der Waals surface area (Å²) in [6, 6.07) is 25.6. The van der Waals surface area contributed by atoms with Gasteiger partial charge in [0.15, 0.2) is 0 Å². The van der Waals surface area contributed by atoms with Gasteiger partial charge in [-0.3, -0.25) is 4.90 Å². The average Bonchev–Trinajstić information content (AvgIpc) is 1.38. The van der Waals surface area contributed by atoms with Gasteiger partial charge in [-0.1, -0.05) is 36.4 Å². The van der Waals surface area contributed by atoms with Gasteiger partial charge in [0, 0.05) is 42.5 Å². The summed E-state index contributed by atoms with van der Waals surface area (Å²) in [5.74, 6) is 0. The zero-order valence-electron chi connectivity index (χ0n) is 49.0. The van der Waals surface area contributed by atoms with E-state index in [1.54, 1.807) is 313 Å². The SMILES string of the molecule is CCN(CC)c1ccc(C(=C(C#N)C#N)C(=C(C#N)C#N)c2ccc(C3N(C)CC45c6c7c8c9c%10c%11c(c%12c%13c4c4c6c6c%14c7c7c8c8c%10c%10c%15c%11c%11c%12c%12c%13c%13c4c4c6c6c%14c%14c7c7c8c%10c8c%10c%15c%11c%11c%12c%12c%13c4c4c6c6c%14c7c8c7c%10c%11c%12c4c67)C935)cc2)cc1. The molecular formula is C87H24N6. The molecule has 5 aliphatic rings. The molecule has 1 fully saturated rings. The first-order chi connectivity index (χ1) is 46.0. The molecule has 0 bridgehead atoms. The highest BCUT2D eigenvalue weighted by Gasteiger charge is 2.76. The second-order valence-corrected chi connectivity index (χ2v) is 31.1. The summed E-state index contributed by atoms with van der Waals surface area (Å²) in [6.45, 7) is 6.76. The zero-order chi connectivity index (χ0) is 58.4. The minimum Gasteiger partial charge on any atom is -0.372 e. The van der Waals surface area contributed by atoms with Gasteiger partial charge in [-0.05, 0) is 363 Å². The first-order valence-electron chi connectivity index (χ1n) is 33.5. The van der Waals surface area contributed by atoms with E-state index in [-0.39, 0.29) is 17.2 Å². The highest BCUT2D eigenvalue weighted by atomic mass is 15.2. The fourth-order valence-corrected chi connectivity index (χ4v) is 28.9. The van der Waals surface area contributed by atoms with E-state index in [0.717, 1.165) is 25.3 Å². The predicted octanol–water partition coefficient (Wildman–Crippen LogP) is 21.1. The monoisotopic (exact) mass is 1150 g/mol. The van der Waals surface area contributed by atoms with Crippen LogP contribution in [0.3, 0.4) is 0 Å². The maximum absolute atomic E-state index is 11.0. The number of nitriles is 4. The molecule has 402 valence electrons. The van der Waals surface area contributed by atoms with Gasteiger partial charge in [0.25, 0.3) is 0 Å². The normalized spacial score (nSPS) is 20.4. The molecule has 93 heavy (non-hydrogen) atoms. The Labute approximate surface area is 515 Å². The molecule has 4 aliphatic carbocycles. The van der Waals surface area contributed by atoms with Gasteiger partial charge in [-0.25, -0.2) is 0 Å². The third kappa shape index (κ3) is 2.57. The lowest BCUT2D eigenvalue weighted by molar-refractivity contribution is 0.271. The predicted molar refractivity (Wildman–Crippen MR) is 382 cm³/mol. The Kier molecular flexibility index (Phi) is 4.37. The van der Waals surface area contributed by atoms with Gasteiger partial charge < -0.3 is 4.90 Å². The molecule has 6 heteroatoms. The Hall–Kier alpha value is -11.9. The van der Waals surface area contributed by atoms with Crippen molar-refractivity contribution in [1.29, 1.82) is 21.0 Å². The smallest absolute Gasteiger partial charge is 0.138 e. The molecule has 0 amide bonds. The Morgan fingerprint density at radius 1 is 0.333 bits per heavy atom. The average molecular weight is 1150 g/mol. The fourth-order valence-electron chi connectivity index (χ4n) is 28.9. The van der Waals surface area contributed by atoms with Crippen LogP contribution in [0.4, 0.5) is 5.69 Å². The summed E-state index contributed by atoms with van der Waals surface area (Å²) in [6.07, 6.45) is 0. The van der Waals surface area contributed by atoms with E-state index < -0.39 is 10.8 Å². The number of benzene rings is 20. The van der Waals surface area contributed by atoms with E-state index >= 15 is 0 Å². The van der Waals surface area contributed by atoms with Crippen LogP contribution in [0, 0.1) is 45.3 Å². The third-order valence-electron chi connectivity index (χ3n) is 29.9. The standard InChI is InChI=1S/C87H24N6/c1-4-93(5-2)24-12-10-20(11-13-24)26(23(16-90)17-91)25(22(14-88)15-89)19-6-8-21(9-7-19)85-87-83-77-71-61-49-41-33-29-27-28-31-35(33)43(49)53-47-39(31)40-32(28)36-34-30(27)38-37(29)45-51(41)59-65-55(45)56-46(38)52-42(34)50-44(36)54-48(40)58-57(47)69(63(53)71)79(83)80-70(58)64(54)72-62(50)68-60(52)66(56)74-73(65)81(75(77)67(59)61)86(87,18-92(85)3)82(74)76(68)78(72)84(80)87/h6-13,85H,4-5,18H2,1-3H3. The Balaban J connectivity index is 0.832. The summed E-state index contributed by atoms with van der Waals surface area (Å²) in [7, 11) is 2.47. The van der Waals surface area contributed by atoms with Crippen LogP contribution in [0.5, 0.6) is 0 Å². The van der Waals surface area contributed by atoms with Crippen molar-refractivity contribution in [2.75, 3.05) is 31.6 Å². The Morgan fingerprint density at radius 2 is 0.548 bits per heavy atom. The molecule has 2 spiro atoms. The number of likely N-dealkylation sites (N-methyl/N-ethyl adjacent to an activating group) is 1. The minimum atomic E-state index is -0.579. The molecule has 6 nitrogen and oxygen atoms in total. The number of nitrogens with zero attached hydrogens (tertiary/aromatic N) is 6. The molecule has 1 unspecified atom stereocenters. The van der Waals surface area contributed by atoms with Gasteiger partial charge in [0.1, 0.15) is 35.4 Å². The number of hydrogen-bond acceptors (Lipinski definition) is 6. The first-order valence-corrected chi connectivity index (χ1v) is 33.5. The van der Waals surface area contributed by atoms with Gasteiger partial charge in [0.05, 0.1) is 10.8 Å². The molecule has 1 aliphatic heterocycles. The van der Waals surface area contributed by atoms with E-state index in [2.05, 4.69) is 79.2 Å². The molecule has 1 atom stereocenters. The van der Waals surface area contributed by atoms with Crippen molar-refractivity contribution >= 4 is 308 Å². The topological polar surface area (TPSA) is 102 Å². The van der Waals surface area contributed by atoms with Gasteiger partial charge >= 0.3 is 0 Å². The molecule has 0 aromatic heterocycles. The lowest BCUT2D eigenvalue weighted by atomic mass is 9.47. The van der Waals surface area contributed by atoms with Crippen molar-refractivity contribution in [3.63, 3.8) is 0 Å². The Morgan fingerprint density at radius 3 is 0.774 bits per heavy atom. The summed E-state index contributed by atoms with van der Waals surface area (Å²) in [5.41, 5.74) is 9.28. The zero-order valence-corrected chi connectivity index (χ0v) is 49.0. The molecule has 30 aromatic carbocycles. The van der Waals surface area contributed by atoms with Crippen LogP contribution >= 0.6 is 0 Å². The second-order valence-electron chi connectivity index (χ2n) is 31.1. The van der Waals surface area contributed by atoms with Gasteiger partial charge in [-0.2, -0.15) is 21.0 Å². The molecule has 0 radical (unpaired) electrons. The van der Waals surface area contributed by atoms with Crippen LogP contribution < -0.4 is 4.90 Å². The van der Waals surface area contributed by atoms with E-state index in [1.807, 2.05) is 24.3 Å². The minimum absolute atomic E-state index is 0.130. The van der Waals surface area contributed by atoms with Gasteiger partial charge in [-0.15, -0.1) is 0 Å². The summed E-state index contributed by atoms with van der Waals surface area (Å²) in [5, 5.41) is 129. The van der Waals surface area contributed by atoms with Crippen molar-refractivity contribution in [1.82, 2.24) is 4.90 Å². The van der Waals surface area contributed by atoms with Crippen LogP contribution in [-0.4, -0.2) is 31.6 Å². The van der Waals surface area contributed by atoms with Crippen molar-refractivity contribution < 1.29 is 0 Å². The van der Waals surface area contributed by atoms with E-state index in [4.69, 9.17) is 0 Å².